The Bertz CT molecular complexity index is 729. The summed E-state index contributed by atoms with van der Waals surface area (Å²) in [6, 6.07) is 19.0. The van der Waals surface area contributed by atoms with E-state index in [0.717, 1.165) is 31.5 Å². The summed E-state index contributed by atoms with van der Waals surface area (Å²) in [5.74, 6) is 0. The number of nitrogens with one attached hydrogen (secondary N) is 1. The quantitative estimate of drug-likeness (QED) is 0.841. The van der Waals surface area contributed by atoms with Gasteiger partial charge in [0.2, 0.25) is 0 Å². The fourth-order valence-electron chi connectivity index (χ4n) is 3.39. The Morgan fingerprint density at radius 2 is 1.74 bits per heavy atom. The summed E-state index contributed by atoms with van der Waals surface area (Å²) < 4.78 is 5.68. The van der Waals surface area contributed by atoms with Crippen LogP contribution in [0.25, 0.3) is 11.1 Å². The minimum absolute atomic E-state index is 0.169. The molecule has 0 aromatic heterocycles. The molecular weight excluding hydrogens is 336 g/mol. The third kappa shape index (κ3) is 5.57. The first-order valence-corrected chi connectivity index (χ1v) is 9.77. The number of nitrogens with zero attached hydrogens (tertiary/aromatic N) is 1. The maximum atomic E-state index is 12.8. The fraction of sp³-hybridized carbons (Fsp3) is 0.435. The summed E-state index contributed by atoms with van der Waals surface area (Å²) in [5.41, 5.74) is 3.01. The van der Waals surface area contributed by atoms with Crippen LogP contribution >= 0.6 is 0 Å². The van der Waals surface area contributed by atoms with Crippen molar-refractivity contribution in [3.63, 3.8) is 0 Å². The van der Waals surface area contributed by atoms with Crippen LogP contribution in [0.5, 0.6) is 0 Å². The molecule has 3 rings (SSSR count). The SMILES string of the molecule is CC(C)(C)OC(=O)N(Cc1ccc(-c2ccccc2)cc1)C1CCCNC1. The second-order valence-corrected chi connectivity index (χ2v) is 8.17. The first-order valence-electron chi connectivity index (χ1n) is 9.77. The molecule has 27 heavy (non-hydrogen) atoms. The maximum Gasteiger partial charge on any atom is 0.410 e. The number of benzene rings is 2. The van der Waals surface area contributed by atoms with Crippen molar-refractivity contribution in [1.82, 2.24) is 10.2 Å². The number of hydrogen-bond donors (Lipinski definition) is 1. The smallest absolute Gasteiger partial charge is 0.410 e. The Morgan fingerprint density at radius 3 is 2.33 bits per heavy atom. The first kappa shape index (κ1) is 19.4. The van der Waals surface area contributed by atoms with E-state index in [1.54, 1.807) is 0 Å². The molecule has 0 bridgehead atoms. The standard InChI is InChI=1S/C23H30N2O2/c1-23(2,3)27-22(26)25(21-10-7-15-24-16-21)17-18-11-13-20(14-12-18)19-8-5-4-6-9-19/h4-6,8-9,11-14,21,24H,7,10,15-17H2,1-3H3. The molecule has 1 fully saturated rings. The maximum absolute atomic E-state index is 12.8. The van der Waals surface area contributed by atoms with Crippen molar-refractivity contribution in [2.24, 2.45) is 0 Å². The van der Waals surface area contributed by atoms with E-state index in [1.165, 1.54) is 11.1 Å². The van der Waals surface area contributed by atoms with Crippen molar-refractivity contribution >= 4 is 6.09 Å². The third-order valence-electron chi connectivity index (χ3n) is 4.75. The number of piperidine rings is 1. The molecule has 1 heterocycles. The molecular formula is C23H30N2O2. The van der Waals surface area contributed by atoms with Crippen LogP contribution in [-0.4, -0.2) is 35.7 Å². The zero-order chi connectivity index (χ0) is 19.3. The zero-order valence-electron chi connectivity index (χ0n) is 16.6. The van der Waals surface area contributed by atoms with Gasteiger partial charge in [0, 0.05) is 19.1 Å². The summed E-state index contributed by atoms with van der Waals surface area (Å²) in [6.07, 6.45) is 1.86. The molecule has 1 atom stereocenters. The number of hydrogen-bond acceptors (Lipinski definition) is 3. The summed E-state index contributed by atoms with van der Waals surface area (Å²) in [7, 11) is 0. The van der Waals surface area contributed by atoms with Gasteiger partial charge in [0.1, 0.15) is 5.60 Å². The van der Waals surface area contributed by atoms with Gasteiger partial charge in [0.05, 0.1) is 0 Å². The molecule has 4 nitrogen and oxygen atoms in total. The van der Waals surface area contributed by atoms with E-state index in [4.69, 9.17) is 4.74 Å². The number of rotatable bonds is 4. The van der Waals surface area contributed by atoms with Gasteiger partial charge in [-0.05, 0) is 56.8 Å². The van der Waals surface area contributed by atoms with Crippen LogP contribution in [0.2, 0.25) is 0 Å². The van der Waals surface area contributed by atoms with Crippen molar-refractivity contribution in [2.45, 2.75) is 51.8 Å². The van der Waals surface area contributed by atoms with Crippen molar-refractivity contribution in [1.29, 1.82) is 0 Å². The van der Waals surface area contributed by atoms with Crippen LogP contribution in [0.4, 0.5) is 4.79 Å². The van der Waals surface area contributed by atoms with E-state index in [9.17, 15) is 4.79 Å². The number of ether oxygens (including phenoxy) is 1. The van der Waals surface area contributed by atoms with Crippen LogP contribution in [0.3, 0.4) is 0 Å². The molecule has 0 aliphatic carbocycles. The van der Waals surface area contributed by atoms with Gasteiger partial charge >= 0.3 is 6.09 Å². The minimum Gasteiger partial charge on any atom is -0.444 e. The molecule has 0 radical (unpaired) electrons. The second kappa shape index (κ2) is 8.57. The van der Waals surface area contributed by atoms with Crippen molar-refractivity contribution < 1.29 is 9.53 Å². The zero-order valence-corrected chi connectivity index (χ0v) is 16.6. The number of carbonyl (C=O) groups is 1. The summed E-state index contributed by atoms with van der Waals surface area (Å²) in [6.45, 7) is 8.15. The molecule has 1 unspecified atom stereocenters. The average molecular weight is 367 g/mol. The lowest BCUT2D eigenvalue weighted by Gasteiger charge is -2.36. The van der Waals surface area contributed by atoms with Gasteiger partial charge in [-0.3, -0.25) is 4.90 Å². The topological polar surface area (TPSA) is 41.6 Å². The summed E-state index contributed by atoms with van der Waals surface area (Å²) in [4.78, 5) is 14.7. The van der Waals surface area contributed by atoms with Gasteiger partial charge < -0.3 is 10.1 Å². The molecule has 1 saturated heterocycles. The van der Waals surface area contributed by atoms with E-state index >= 15 is 0 Å². The van der Waals surface area contributed by atoms with Crippen LogP contribution in [-0.2, 0) is 11.3 Å². The highest BCUT2D eigenvalue weighted by Gasteiger charge is 2.29. The molecule has 0 saturated carbocycles. The predicted octanol–water partition coefficient (Wildman–Crippen LogP) is 4.84. The van der Waals surface area contributed by atoms with Crippen LogP contribution in [0.1, 0.15) is 39.2 Å². The highest BCUT2D eigenvalue weighted by atomic mass is 16.6. The van der Waals surface area contributed by atoms with Gasteiger partial charge in [0.25, 0.3) is 0 Å². The largest absolute Gasteiger partial charge is 0.444 e. The molecule has 1 amide bonds. The second-order valence-electron chi connectivity index (χ2n) is 8.17. The van der Waals surface area contributed by atoms with Crippen molar-refractivity contribution in [2.75, 3.05) is 13.1 Å². The Kier molecular flexibility index (Phi) is 6.17. The highest BCUT2D eigenvalue weighted by molar-refractivity contribution is 5.69. The Labute approximate surface area is 162 Å². The number of amides is 1. The van der Waals surface area contributed by atoms with E-state index in [2.05, 4.69) is 41.7 Å². The van der Waals surface area contributed by atoms with E-state index < -0.39 is 5.60 Å². The Balaban J connectivity index is 1.75. The molecule has 0 spiro atoms. The molecule has 1 aliphatic rings. The molecule has 4 heteroatoms. The van der Waals surface area contributed by atoms with Gasteiger partial charge in [-0.1, -0.05) is 54.6 Å². The van der Waals surface area contributed by atoms with Gasteiger partial charge in [-0.15, -0.1) is 0 Å². The summed E-state index contributed by atoms with van der Waals surface area (Å²) in [5, 5.41) is 3.40. The van der Waals surface area contributed by atoms with Crippen molar-refractivity contribution in [3.05, 3.63) is 60.2 Å². The number of carbonyl (C=O) groups excluding carboxylic acids is 1. The third-order valence-corrected chi connectivity index (χ3v) is 4.75. The lowest BCUT2D eigenvalue weighted by atomic mass is 10.0. The monoisotopic (exact) mass is 366 g/mol. The van der Waals surface area contributed by atoms with Crippen LogP contribution < -0.4 is 5.32 Å². The normalized spacial score (nSPS) is 17.4. The fourth-order valence-corrected chi connectivity index (χ4v) is 3.39. The van der Waals surface area contributed by atoms with E-state index in [0.29, 0.717) is 6.54 Å². The minimum atomic E-state index is -0.491. The van der Waals surface area contributed by atoms with Gasteiger partial charge in [-0.25, -0.2) is 4.79 Å². The predicted molar refractivity (Wildman–Crippen MR) is 110 cm³/mol. The summed E-state index contributed by atoms with van der Waals surface area (Å²) >= 11 is 0. The molecule has 144 valence electrons. The Morgan fingerprint density at radius 1 is 1.07 bits per heavy atom. The Hall–Kier alpha value is -2.33. The highest BCUT2D eigenvalue weighted by Crippen LogP contribution is 2.22. The first-order chi connectivity index (χ1) is 12.9. The van der Waals surface area contributed by atoms with Gasteiger partial charge in [-0.2, -0.15) is 0 Å². The van der Waals surface area contributed by atoms with Crippen LogP contribution in [0, 0.1) is 0 Å². The lowest BCUT2D eigenvalue weighted by Crippen LogP contribution is -2.49. The van der Waals surface area contributed by atoms with Crippen molar-refractivity contribution in [3.8, 4) is 11.1 Å². The molecule has 2 aromatic rings. The molecule has 1 N–H and O–H groups in total. The lowest BCUT2D eigenvalue weighted by molar-refractivity contribution is 0.0114. The van der Waals surface area contributed by atoms with E-state index in [-0.39, 0.29) is 12.1 Å². The van der Waals surface area contributed by atoms with Crippen LogP contribution in [0.15, 0.2) is 54.6 Å². The molecule has 1 aliphatic heterocycles. The van der Waals surface area contributed by atoms with E-state index in [1.807, 2.05) is 43.9 Å². The van der Waals surface area contributed by atoms with Gasteiger partial charge in [0.15, 0.2) is 0 Å². The average Bonchev–Trinajstić information content (AvgIpc) is 2.66. The molecule has 2 aromatic carbocycles.